The fourth-order valence-corrected chi connectivity index (χ4v) is 3.13. The predicted octanol–water partition coefficient (Wildman–Crippen LogP) is 2.88. The summed E-state index contributed by atoms with van der Waals surface area (Å²) in [6, 6.07) is 0. The fourth-order valence-electron chi connectivity index (χ4n) is 0.538. The lowest BCUT2D eigenvalue weighted by Gasteiger charge is -2.22. The number of hydrogen-bond acceptors (Lipinski definition) is 4. The van der Waals surface area contributed by atoms with Gasteiger partial charge >= 0.3 is 0 Å². The highest BCUT2D eigenvalue weighted by atomic mass is 32.2. The molecule has 4 heteroatoms. The van der Waals surface area contributed by atoms with Gasteiger partial charge in [-0.25, -0.2) is 0 Å². The average Bonchev–Trinajstić information content (AvgIpc) is 1.49. The Morgan fingerprint density at radius 2 is 1.50 bits per heavy atom. The third-order valence-electron chi connectivity index (χ3n) is 0.755. The van der Waals surface area contributed by atoms with Gasteiger partial charge in [-0.05, 0) is 13.8 Å². The molecule has 0 aromatic heterocycles. The van der Waals surface area contributed by atoms with E-state index in [1.54, 1.807) is 11.8 Å². The SMILES string of the molecule is CC(C)(C)SC(=N)SC(C)(C)N. The molecule has 0 aromatic carbocycles. The van der Waals surface area contributed by atoms with Crippen molar-refractivity contribution in [2.24, 2.45) is 5.73 Å². The van der Waals surface area contributed by atoms with Gasteiger partial charge in [-0.3, -0.25) is 5.41 Å². The van der Waals surface area contributed by atoms with Crippen LogP contribution in [0.2, 0.25) is 0 Å². The van der Waals surface area contributed by atoms with Crippen LogP contribution >= 0.6 is 23.5 Å². The zero-order chi connectivity index (χ0) is 9.99. The molecule has 0 saturated carbocycles. The van der Waals surface area contributed by atoms with Crippen LogP contribution in [0.25, 0.3) is 0 Å². The van der Waals surface area contributed by atoms with E-state index in [1.807, 2.05) is 13.8 Å². The molecule has 12 heavy (non-hydrogen) atoms. The van der Waals surface area contributed by atoms with E-state index >= 15 is 0 Å². The van der Waals surface area contributed by atoms with E-state index in [1.165, 1.54) is 11.8 Å². The number of thioether (sulfide) groups is 2. The van der Waals surface area contributed by atoms with Crippen LogP contribution in [0.4, 0.5) is 0 Å². The first-order valence-electron chi connectivity index (χ1n) is 3.86. The minimum atomic E-state index is -0.338. The van der Waals surface area contributed by atoms with Gasteiger partial charge in [-0.15, -0.1) is 0 Å². The summed E-state index contributed by atoms with van der Waals surface area (Å²) < 4.78 is 0.699. The molecule has 0 saturated heterocycles. The van der Waals surface area contributed by atoms with Crippen molar-refractivity contribution >= 4 is 27.9 Å². The molecule has 0 atom stereocenters. The van der Waals surface area contributed by atoms with Crippen molar-refractivity contribution in [1.29, 1.82) is 5.41 Å². The summed E-state index contributed by atoms with van der Waals surface area (Å²) in [5, 5.41) is 7.65. The molecule has 0 heterocycles. The molecule has 0 amide bonds. The molecular weight excluding hydrogens is 188 g/mol. The Balaban J connectivity index is 3.92. The summed E-state index contributed by atoms with van der Waals surface area (Å²) in [6.07, 6.45) is 0. The summed E-state index contributed by atoms with van der Waals surface area (Å²) in [6.45, 7) is 10.1. The van der Waals surface area contributed by atoms with Crippen molar-refractivity contribution in [3.05, 3.63) is 0 Å². The molecule has 0 rings (SSSR count). The van der Waals surface area contributed by atoms with E-state index in [0.29, 0.717) is 4.38 Å². The van der Waals surface area contributed by atoms with Crippen LogP contribution in [-0.4, -0.2) is 14.0 Å². The second-order valence-electron chi connectivity index (χ2n) is 4.21. The Bertz CT molecular complexity index is 147. The molecule has 0 unspecified atom stereocenters. The summed E-state index contributed by atoms with van der Waals surface area (Å²) in [4.78, 5) is -0.338. The van der Waals surface area contributed by atoms with Gasteiger partial charge in [0, 0.05) is 4.75 Å². The predicted molar refractivity (Wildman–Crippen MR) is 60.9 cm³/mol. The first-order valence-corrected chi connectivity index (χ1v) is 5.49. The maximum Gasteiger partial charge on any atom is 0.124 e. The van der Waals surface area contributed by atoms with E-state index in [2.05, 4.69) is 20.8 Å². The van der Waals surface area contributed by atoms with Crippen LogP contribution in [-0.2, 0) is 0 Å². The van der Waals surface area contributed by atoms with Gasteiger partial charge in [-0.2, -0.15) is 0 Å². The molecule has 0 spiro atoms. The second kappa shape index (κ2) is 4.03. The maximum atomic E-state index is 7.65. The topological polar surface area (TPSA) is 49.9 Å². The zero-order valence-corrected chi connectivity index (χ0v) is 10.0. The lowest BCUT2D eigenvalue weighted by Crippen LogP contribution is -2.29. The summed E-state index contributed by atoms with van der Waals surface area (Å²) in [5.41, 5.74) is 5.76. The number of nitrogens with two attached hydrogens (primary N) is 1. The molecule has 0 bridgehead atoms. The Hall–Kier alpha value is 0.330. The first-order chi connectivity index (χ1) is 5.10. The zero-order valence-electron chi connectivity index (χ0n) is 8.39. The van der Waals surface area contributed by atoms with E-state index in [4.69, 9.17) is 11.1 Å². The van der Waals surface area contributed by atoms with Crippen LogP contribution < -0.4 is 5.73 Å². The number of rotatable bonds is 1. The van der Waals surface area contributed by atoms with Crippen molar-refractivity contribution in [2.45, 2.75) is 44.2 Å². The van der Waals surface area contributed by atoms with E-state index in [0.717, 1.165) is 0 Å². The maximum absolute atomic E-state index is 7.65. The summed E-state index contributed by atoms with van der Waals surface area (Å²) in [7, 11) is 0. The van der Waals surface area contributed by atoms with Crippen molar-refractivity contribution in [3.8, 4) is 0 Å². The third-order valence-corrected chi connectivity index (χ3v) is 2.76. The van der Waals surface area contributed by atoms with Gasteiger partial charge < -0.3 is 5.73 Å². The van der Waals surface area contributed by atoms with E-state index in [9.17, 15) is 0 Å². The van der Waals surface area contributed by atoms with Gasteiger partial charge in [0.15, 0.2) is 0 Å². The van der Waals surface area contributed by atoms with Crippen molar-refractivity contribution in [2.75, 3.05) is 0 Å². The van der Waals surface area contributed by atoms with Crippen LogP contribution in [0, 0.1) is 5.41 Å². The molecular formula is C8H18N2S2. The lowest BCUT2D eigenvalue weighted by molar-refractivity contribution is 0.764. The van der Waals surface area contributed by atoms with Crippen LogP contribution in [0.5, 0.6) is 0 Å². The van der Waals surface area contributed by atoms with Crippen LogP contribution in [0.15, 0.2) is 0 Å². The Labute approximate surface area is 83.6 Å². The molecule has 0 aromatic rings. The van der Waals surface area contributed by atoms with E-state index in [-0.39, 0.29) is 9.62 Å². The van der Waals surface area contributed by atoms with Crippen molar-refractivity contribution in [1.82, 2.24) is 0 Å². The second-order valence-corrected chi connectivity index (χ2v) is 7.97. The minimum Gasteiger partial charge on any atom is -0.317 e. The summed E-state index contributed by atoms with van der Waals surface area (Å²) >= 11 is 2.96. The first kappa shape index (κ1) is 12.3. The number of nitrogens with one attached hydrogen (secondary N) is 1. The summed E-state index contributed by atoms with van der Waals surface area (Å²) in [5.74, 6) is 0. The molecule has 3 N–H and O–H groups in total. The monoisotopic (exact) mass is 206 g/mol. The highest BCUT2D eigenvalue weighted by Gasteiger charge is 2.20. The molecule has 72 valence electrons. The van der Waals surface area contributed by atoms with Crippen molar-refractivity contribution in [3.63, 3.8) is 0 Å². The Kier molecular flexibility index (Phi) is 4.14. The smallest absolute Gasteiger partial charge is 0.124 e. The lowest BCUT2D eigenvalue weighted by atomic mass is 10.3. The van der Waals surface area contributed by atoms with Gasteiger partial charge in [0.2, 0.25) is 0 Å². The van der Waals surface area contributed by atoms with Crippen LogP contribution in [0.3, 0.4) is 0 Å². The van der Waals surface area contributed by atoms with Gasteiger partial charge in [0.05, 0.1) is 4.87 Å². The highest BCUT2D eigenvalue weighted by molar-refractivity contribution is 8.39. The van der Waals surface area contributed by atoms with Crippen LogP contribution in [0.1, 0.15) is 34.6 Å². The minimum absolute atomic E-state index is 0.106. The molecule has 0 aliphatic carbocycles. The number of hydrogen-bond donors (Lipinski definition) is 2. The fraction of sp³-hybridized carbons (Fsp3) is 0.875. The molecule has 0 radical (unpaired) electrons. The largest absolute Gasteiger partial charge is 0.317 e. The van der Waals surface area contributed by atoms with E-state index < -0.39 is 0 Å². The molecule has 2 nitrogen and oxygen atoms in total. The molecule has 0 aliphatic rings. The molecule has 0 aliphatic heterocycles. The van der Waals surface area contributed by atoms with Gasteiger partial charge in [0.25, 0.3) is 0 Å². The Morgan fingerprint density at radius 1 is 1.08 bits per heavy atom. The third kappa shape index (κ3) is 8.43. The normalized spacial score (nSPS) is 13.2. The quantitative estimate of drug-likeness (QED) is 0.394. The highest BCUT2D eigenvalue weighted by Crippen LogP contribution is 2.32. The average molecular weight is 206 g/mol. The molecule has 0 fully saturated rings. The van der Waals surface area contributed by atoms with Crippen molar-refractivity contribution < 1.29 is 0 Å². The Morgan fingerprint density at radius 3 is 1.75 bits per heavy atom. The standard InChI is InChI=1S/C8H18N2S2/c1-7(2,3)11-6(9)12-8(4,5)10/h9H,10H2,1-5H3. The van der Waals surface area contributed by atoms with Gasteiger partial charge in [0.1, 0.15) is 4.38 Å². The van der Waals surface area contributed by atoms with Gasteiger partial charge in [-0.1, -0.05) is 44.3 Å².